The number of rotatable bonds is 3. The molecule has 6 nitrogen and oxygen atoms in total. The number of sulfone groups is 1. The monoisotopic (exact) mass is 309 g/mol. The van der Waals surface area contributed by atoms with Crippen molar-refractivity contribution in [2.75, 3.05) is 0 Å². The summed E-state index contributed by atoms with van der Waals surface area (Å²) in [5.41, 5.74) is 1.44. The fourth-order valence-corrected chi connectivity index (χ4v) is 3.37. The van der Waals surface area contributed by atoms with Crippen LogP contribution in [0.25, 0.3) is 0 Å². The molecular weight excluding hydrogens is 297 g/mol. The molecule has 1 aromatic rings. The molecule has 1 N–H and O–H groups in total. The summed E-state index contributed by atoms with van der Waals surface area (Å²) in [6, 6.07) is 0. The molecule has 0 aliphatic carbocycles. The third-order valence-corrected chi connectivity index (χ3v) is 4.43. The lowest BCUT2D eigenvalue weighted by atomic mass is 10.1. The Kier molecular flexibility index (Phi) is 3.36. The van der Waals surface area contributed by atoms with Crippen molar-refractivity contribution >= 4 is 21.4 Å². The molecule has 0 spiro atoms. The molecule has 1 aliphatic heterocycles. The Hall–Kier alpha value is -1.12. The number of hydrogen-bond acceptors (Lipinski definition) is 5. The molecule has 0 amide bonds. The number of aromatic nitrogens is 2. The Bertz CT molecular complexity index is 651. The molecule has 0 radical (unpaired) electrons. The minimum atomic E-state index is -3.77. The molecule has 1 aromatic heterocycles. The van der Waals surface area contributed by atoms with E-state index in [1.54, 1.807) is 13.8 Å². The lowest BCUT2D eigenvalue weighted by molar-refractivity contribution is -0.0129. The summed E-state index contributed by atoms with van der Waals surface area (Å²) in [4.78, 5) is 5.07. The molecule has 1 aliphatic rings. The summed E-state index contributed by atoms with van der Waals surface area (Å²) in [6.45, 7) is 3.39. The highest BCUT2D eigenvalue weighted by molar-refractivity contribution is 7.94. The topological polar surface area (TPSA) is 73.2 Å². The van der Waals surface area contributed by atoms with Crippen molar-refractivity contribution in [2.45, 2.75) is 25.2 Å². The Morgan fingerprint density at radius 3 is 2.63 bits per heavy atom. The molecule has 9 heteroatoms. The Labute approximate surface area is 115 Å². The molecule has 0 atom stereocenters. The quantitative estimate of drug-likeness (QED) is 0.910. The average Bonchev–Trinajstić information content (AvgIpc) is 2.75. The maximum absolute atomic E-state index is 13.7. The lowest BCUT2D eigenvalue weighted by Crippen LogP contribution is -2.22. The normalized spacial score (nSPS) is 18.3. The molecule has 0 aromatic carbocycles. The van der Waals surface area contributed by atoms with Crippen LogP contribution in [0.5, 0.6) is 0 Å². The van der Waals surface area contributed by atoms with Gasteiger partial charge in [0.1, 0.15) is 5.60 Å². The van der Waals surface area contributed by atoms with Crippen molar-refractivity contribution in [3.05, 3.63) is 27.8 Å². The summed E-state index contributed by atoms with van der Waals surface area (Å²) < 4.78 is 38.8. The van der Waals surface area contributed by atoms with Crippen LogP contribution in [0.2, 0.25) is 5.15 Å². The second kappa shape index (κ2) is 4.46. The van der Waals surface area contributed by atoms with E-state index in [-0.39, 0.29) is 15.7 Å². The standard InChI is InChI=1S/C10H13ClFN3O3S/c1-10(2)4-7(14-18-10)19(16,17)5-6-8(11)13-15(3)9(6)12/h4,14H,5H2,1-3H3. The lowest BCUT2D eigenvalue weighted by Gasteiger charge is -2.11. The van der Waals surface area contributed by atoms with Crippen molar-refractivity contribution in [1.29, 1.82) is 0 Å². The Morgan fingerprint density at radius 2 is 2.21 bits per heavy atom. The Balaban J connectivity index is 2.33. The van der Waals surface area contributed by atoms with Crippen LogP contribution in [0.15, 0.2) is 11.1 Å². The predicted octanol–water partition coefficient (Wildman–Crippen LogP) is 1.28. The van der Waals surface area contributed by atoms with Crippen LogP contribution in [0, 0.1) is 5.95 Å². The van der Waals surface area contributed by atoms with Gasteiger partial charge < -0.3 is 0 Å². The molecule has 0 saturated heterocycles. The second-order valence-corrected chi connectivity index (χ2v) is 7.08. The number of nitrogens with one attached hydrogen (secondary N) is 1. The number of halogens is 2. The molecular formula is C10H13ClFN3O3S. The van der Waals surface area contributed by atoms with Crippen molar-refractivity contribution in [1.82, 2.24) is 15.3 Å². The third-order valence-electron chi connectivity index (χ3n) is 2.58. The zero-order chi connectivity index (χ0) is 14.4. The smallest absolute Gasteiger partial charge is 0.217 e. The first-order valence-electron chi connectivity index (χ1n) is 5.39. The second-order valence-electron chi connectivity index (χ2n) is 4.76. The van der Waals surface area contributed by atoms with Gasteiger partial charge in [0.2, 0.25) is 5.95 Å². The fraction of sp³-hybridized carbons (Fsp3) is 0.500. The van der Waals surface area contributed by atoms with Gasteiger partial charge in [-0.2, -0.15) is 9.49 Å². The molecule has 0 bridgehead atoms. The van der Waals surface area contributed by atoms with Crippen molar-refractivity contribution < 1.29 is 17.6 Å². The molecule has 0 fully saturated rings. The van der Waals surface area contributed by atoms with Gasteiger partial charge in [-0.15, -0.1) is 0 Å². The largest absolute Gasteiger partial charge is 0.265 e. The van der Waals surface area contributed by atoms with Gasteiger partial charge in [-0.1, -0.05) is 11.6 Å². The highest BCUT2D eigenvalue weighted by Gasteiger charge is 2.33. The van der Waals surface area contributed by atoms with E-state index in [1.165, 1.54) is 13.1 Å². The van der Waals surface area contributed by atoms with E-state index in [4.69, 9.17) is 16.4 Å². The van der Waals surface area contributed by atoms with E-state index >= 15 is 0 Å². The van der Waals surface area contributed by atoms with Crippen molar-refractivity contribution in [2.24, 2.45) is 7.05 Å². The first-order chi connectivity index (χ1) is 8.62. The first kappa shape index (κ1) is 14.3. The Morgan fingerprint density at radius 1 is 1.58 bits per heavy atom. The van der Waals surface area contributed by atoms with E-state index in [0.29, 0.717) is 0 Å². The van der Waals surface area contributed by atoms with E-state index in [2.05, 4.69) is 10.6 Å². The molecule has 106 valence electrons. The molecule has 2 rings (SSSR count). The van der Waals surface area contributed by atoms with Crippen LogP contribution >= 0.6 is 11.6 Å². The van der Waals surface area contributed by atoms with Gasteiger partial charge in [0, 0.05) is 7.05 Å². The van der Waals surface area contributed by atoms with Crippen molar-refractivity contribution in [3.63, 3.8) is 0 Å². The van der Waals surface area contributed by atoms with E-state index in [1.807, 2.05) is 0 Å². The van der Waals surface area contributed by atoms with Gasteiger partial charge in [0.05, 0.1) is 11.3 Å². The summed E-state index contributed by atoms with van der Waals surface area (Å²) in [5, 5.41) is 3.36. The minimum absolute atomic E-state index is 0.100. The van der Waals surface area contributed by atoms with Crippen LogP contribution in [0.1, 0.15) is 19.4 Å². The average molecular weight is 310 g/mol. The zero-order valence-corrected chi connectivity index (χ0v) is 12.1. The third kappa shape index (κ3) is 2.75. The van der Waals surface area contributed by atoms with Gasteiger partial charge in [-0.3, -0.25) is 10.3 Å². The predicted molar refractivity (Wildman–Crippen MR) is 67.2 cm³/mol. The van der Waals surface area contributed by atoms with Crippen LogP contribution in [-0.4, -0.2) is 23.8 Å². The summed E-state index contributed by atoms with van der Waals surface area (Å²) in [7, 11) is -2.42. The number of nitrogens with zero attached hydrogens (tertiary/aromatic N) is 2. The number of aryl methyl sites for hydroxylation is 1. The summed E-state index contributed by atoms with van der Waals surface area (Å²) in [6.07, 6.45) is 1.42. The number of hydroxylamine groups is 1. The maximum Gasteiger partial charge on any atom is 0.217 e. The summed E-state index contributed by atoms with van der Waals surface area (Å²) in [5.74, 6) is -1.35. The highest BCUT2D eigenvalue weighted by atomic mass is 35.5. The fourth-order valence-electron chi connectivity index (χ4n) is 1.61. The molecule has 19 heavy (non-hydrogen) atoms. The SMILES string of the molecule is Cn1nc(Cl)c(CS(=O)(=O)C2=CC(C)(C)ON2)c1F. The molecule has 2 heterocycles. The van der Waals surface area contributed by atoms with E-state index in [0.717, 1.165) is 4.68 Å². The maximum atomic E-state index is 13.7. The van der Waals surface area contributed by atoms with Crippen LogP contribution in [-0.2, 0) is 27.5 Å². The zero-order valence-electron chi connectivity index (χ0n) is 10.6. The van der Waals surface area contributed by atoms with Crippen LogP contribution in [0.4, 0.5) is 4.39 Å². The van der Waals surface area contributed by atoms with Gasteiger partial charge >= 0.3 is 0 Å². The minimum Gasteiger partial charge on any atom is -0.265 e. The van der Waals surface area contributed by atoms with Gasteiger partial charge in [-0.05, 0) is 19.9 Å². The van der Waals surface area contributed by atoms with Crippen molar-refractivity contribution in [3.8, 4) is 0 Å². The van der Waals surface area contributed by atoms with E-state index < -0.39 is 27.1 Å². The van der Waals surface area contributed by atoms with E-state index in [9.17, 15) is 12.8 Å². The molecule has 0 unspecified atom stereocenters. The summed E-state index contributed by atoms with van der Waals surface area (Å²) >= 11 is 5.71. The van der Waals surface area contributed by atoms with Gasteiger partial charge in [0.25, 0.3) is 0 Å². The van der Waals surface area contributed by atoms with Gasteiger partial charge in [-0.25, -0.2) is 13.1 Å². The van der Waals surface area contributed by atoms with Crippen LogP contribution in [0.3, 0.4) is 0 Å². The first-order valence-corrected chi connectivity index (χ1v) is 7.42. The van der Waals surface area contributed by atoms with Gasteiger partial charge in [0.15, 0.2) is 20.0 Å². The molecule has 0 saturated carbocycles. The number of hydrogen-bond donors (Lipinski definition) is 1. The highest BCUT2D eigenvalue weighted by Crippen LogP contribution is 2.27. The van der Waals surface area contributed by atoms with Crippen LogP contribution < -0.4 is 5.48 Å².